The lowest BCUT2D eigenvalue weighted by Gasteiger charge is -2.18. The summed E-state index contributed by atoms with van der Waals surface area (Å²) in [4.78, 5) is 28.5. The summed E-state index contributed by atoms with van der Waals surface area (Å²) in [6.07, 6.45) is 4.00. The normalized spacial score (nSPS) is 11.9. The Bertz CT molecular complexity index is 944. The lowest BCUT2D eigenvalue weighted by atomic mass is 10.0. The molecule has 1 heterocycles. The molecule has 3 rings (SSSR count). The Labute approximate surface area is 165 Å². The van der Waals surface area contributed by atoms with Gasteiger partial charge in [-0.2, -0.15) is 0 Å². The zero-order valence-electron chi connectivity index (χ0n) is 16.3. The zero-order chi connectivity index (χ0) is 19.9. The lowest BCUT2D eigenvalue weighted by Crippen LogP contribution is -2.43. The van der Waals surface area contributed by atoms with Crippen molar-refractivity contribution in [2.75, 3.05) is 6.61 Å². The summed E-state index contributed by atoms with van der Waals surface area (Å²) < 4.78 is 5.40. The summed E-state index contributed by atoms with van der Waals surface area (Å²) in [6, 6.07) is 14.4. The van der Waals surface area contributed by atoms with Crippen LogP contribution in [0.5, 0.6) is 0 Å². The van der Waals surface area contributed by atoms with Crippen LogP contribution < -0.4 is 5.32 Å². The van der Waals surface area contributed by atoms with E-state index >= 15 is 0 Å². The number of hydrogen-bond donors (Lipinski definition) is 2. The van der Waals surface area contributed by atoms with Gasteiger partial charge in [-0.1, -0.05) is 49.2 Å². The highest BCUT2D eigenvalue weighted by Gasteiger charge is 2.24. The monoisotopic (exact) mass is 378 g/mol. The fourth-order valence-electron chi connectivity index (χ4n) is 3.08. The Balaban J connectivity index is 1.79. The number of nitrogens with one attached hydrogen (secondary N) is 2. The molecule has 0 fully saturated rings. The lowest BCUT2D eigenvalue weighted by molar-refractivity contribution is -0.146. The average molecular weight is 378 g/mol. The zero-order valence-corrected chi connectivity index (χ0v) is 16.3. The third kappa shape index (κ3) is 4.80. The minimum Gasteiger partial charge on any atom is -0.464 e. The molecule has 0 aliphatic carbocycles. The van der Waals surface area contributed by atoms with Crippen molar-refractivity contribution in [2.45, 2.75) is 39.2 Å². The van der Waals surface area contributed by atoms with Crippen molar-refractivity contribution in [3.05, 3.63) is 71.4 Å². The van der Waals surface area contributed by atoms with E-state index in [1.807, 2.05) is 56.4 Å². The van der Waals surface area contributed by atoms with Gasteiger partial charge >= 0.3 is 5.97 Å². The number of fused-ring (bicyclic) bond motifs is 1. The minimum absolute atomic E-state index is 0.280. The molecule has 0 aliphatic heterocycles. The first-order valence-electron chi connectivity index (χ1n) is 9.67. The van der Waals surface area contributed by atoms with Gasteiger partial charge in [0.1, 0.15) is 6.04 Å². The topological polar surface area (TPSA) is 71.2 Å². The van der Waals surface area contributed by atoms with E-state index in [1.54, 1.807) is 12.1 Å². The van der Waals surface area contributed by atoms with Gasteiger partial charge in [0.15, 0.2) is 0 Å². The van der Waals surface area contributed by atoms with Gasteiger partial charge in [0, 0.05) is 29.1 Å². The van der Waals surface area contributed by atoms with Crippen molar-refractivity contribution in [1.29, 1.82) is 0 Å². The number of hydrogen-bond acceptors (Lipinski definition) is 3. The summed E-state index contributed by atoms with van der Waals surface area (Å²) in [5.41, 5.74) is 3.57. The summed E-state index contributed by atoms with van der Waals surface area (Å²) >= 11 is 0. The predicted molar refractivity (Wildman–Crippen MR) is 110 cm³/mol. The van der Waals surface area contributed by atoms with Crippen LogP contribution in [-0.4, -0.2) is 29.5 Å². The van der Waals surface area contributed by atoms with E-state index in [-0.39, 0.29) is 5.91 Å². The van der Waals surface area contributed by atoms with Gasteiger partial charge in [0.2, 0.25) is 0 Å². The smallest absolute Gasteiger partial charge is 0.328 e. The Morgan fingerprint density at radius 3 is 2.61 bits per heavy atom. The fourth-order valence-corrected chi connectivity index (χ4v) is 3.08. The predicted octanol–water partition coefficient (Wildman–Crippen LogP) is 4.16. The molecule has 2 N–H and O–H groups in total. The number of ether oxygens (including phenoxy) is 1. The fraction of sp³-hybridized carbons (Fsp3) is 0.304. The van der Waals surface area contributed by atoms with Crippen molar-refractivity contribution < 1.29 is 14.3 Å². The van der Waals surface area contributed by atoms with Crippen molar-refractivity contribution in [3.63, 3.8) is 0 Å². The van der Waals surface area contributed by atoms with E-state index in [0.717, 1.165) is 34.9 Å². The van der Waals surface area contributed by atoms with Gasteiger partial charge in [0.25, 0.3) is 5.91 Å². The number of carbonyl (C=O) groups excluding carboxylic acids is 2. The Hall–Kier alpha value is -3.08. The molecule has 2 aromatic carbocycles. The van der Waals surface area contributed by atoms with Crippen LogP contribution in [-0.2, 0) is 16.0 Å². The van der Waals surface area contributed by atoms with E-state index < -0.39 is 12.0 Å². The molecule has 5 heteroatoms. The molecule has 146 valence electrons. The maximum Gasteiger partial charge on any atom is 0.328 e. The van der Waals surface area contributed by atoms with Crippen molar-refractivity contribution in [1.82, 2.24) is 10.3 Å². The van der Waals surface area contributed by atoms with Gasteiger partial charge in [-0.3, -0.25) is 4.79 Å². The molecule has 0 saturated carbocycles. The van der Waals surface area contributed by atoms with E-state index in [2.05, 4.69) is 10.3 Å². The maximum absolute atomic E-state index is 12.7. The molecule has 28 heavy (non-hydrogen) atoms. The second kappa shape index (κ2) is 9.22. The number of amides is 1. The molecule has 0 aliphatic rings. The highest BCUT2D eigenvalue weighted by Crippen LogP contribution is 2.19. The Morgan fingerprint density at radius 1 is 1.11 bits per heavy atom. The molecule has 0 bridgehead atoms. The highest BCUT2D eigenvalue weighted by molar-refractivity contribution is 5.97. The largest absolute Gasteiger partial charge is 0.464 e. The van der Waals surface area contributed by atoms with Gasteiger partial charge in [-0.15, -0.1) is 0 Å². The second-order valence-electron chi connectivity index (χ2n) is 6.98. The van der Waals surface area contributed by atoms with E-state index in [9.17, 15) is 9.59 Å². The summed E-state index contributed by atoms with van der Waals surface area (Å²) in [6.45, 7) is 4.36. The number of aromatic nitrogens is 1. The van der Waals surface area contributed by atoms with Crippen molar-refractivity contribution in [2.24, 2.45) is 0 Å². The summed E-state index contributed by atoms with van der Waals surface area (Å²) in [5, 5.41) is 3.90. The first kappa shape index (κ1) is 19.7. The van der Waals surface area contributed by atoms with Gasteiger partial charge < -0.3 is 15.0 Å². The third-order valence-corrected chi connectivity index (χ3v) is 4.74. The molecule has 0 spiro atoms. The van der Waals surface area contributed by atoms with Crippen molar-refractivity contribution >= 4 is 22.8 Å². The molecule has 0 radical (unpaired) electrons. The number of benzene rings is 2. The van der Waals surface area contributed by atoms with Crippen LogP contribution >= 0.6 is 0 Å². The van der Waals surface area contributed by atoms with E-state index in [4.69, 9.17) is 4.74 Å². The van der Waals surface area contributed by atoms with Crippen LogP contribution in [0.15, 0.2) is 54.7 Å². The number of unbranched alkanes of at least 4 members (excludes halogenated alkanes) is 1. The minimum atomic E-state index is -0.745. The molecule has 1 aromatic heterocycles. The van der Waals surface area contributed by atoms with Crippen LogP contribution in [0.4, 0.5) is 0 Å². The molecule has 1 amide bonds. The standard InChI is InChI=1S/C23H26N2O3/c1-3-4-13-28-23(27)21(25-22(26)17-11-9-16(2)10-12-17)14-18-15-24-20-8-6-5-7-19(18)20/h5-12,15,21,24H,3-4,13-14H2,1-2H3,(H,25,26)/t21-/m1/s1. The molecule has 3 aromatic rings. The number of carbonyl (C=O) groups is 2. The van der Waals surface area contributed by atoms with Crippen LogP contribution in [0.1, 0.15) is 41.3 Å². The molecule has 0 saturated heterocycles. The van der Waals surface area contributed by atoms with Crippen LogP contribution in [0.25, 0.3) is 10.9 Å². The molecule has 1 atom stereocenters. The van der Waals surface area contributed by atoms with E-state index in [1.165, 1.54) is 0 Å². The van der Waals surface area contributed by atoms with Crippen LogP contribution in [0, 0.1) is 6.92 Å². The molecule has 0 unspecified atom stereocenters. The quantitative estimate of drug-likeness (QED) is 0.457. The number of esters is 1. The number of rotatable bonds is 8. The number of aryl methyl sites for hydroxylation is 1. The number of para-hydroxylation sites is 1. The molecular weight excluding hydrogens is 352 g/mol. The molecule has 5 nitrogen and oxygen atoms in total. The SMILES string of the molecule is CCCCOC(=O)[C@@H](Cc1c[nH]c2ccccc12)NC(=O)c1ccc(C)cc1. The second-order valence-corrected chi connectivity index (χ2v) is 6.98. The van der Waals surface area contributed by atoms with Gasteiger partial charge in [-0.25, -0.2) is 4.79 Å². The highest BCUT2D eigenvalue weighted by atomic mass is 16.5. The first-order chi connectivity index (χ1) is 13.6. The maximum atomic E-state index is 12.7. The third-order valence-electron chi connectivity index (χ3n) is 4.74. The summed E-state index contributed by atoms with van der Waals surface area (Å²) in [7, 11) is 0. The Kier molecular flexibility index (Phi) is 6.48. The van der Waals surface area contributed by atoms with Crippen LogP contribution in [0.3, 0.4) is 0 Å². The van der Waals surface area contributed by atoms with Gasteiger partial charge in [-0.05, 0) is 37.1 Å². The summed E-state index contributed by atoms with van der Waals surface area (Å²) in [5.74, 6) is -0.684. The number of aromatic amines is 1. The van der Waals surface area contributed by atoms with Crippen molar-refractivity contribution in [3.8, 4) is 0 Å². The van der Waals surface area contributed by atoms with Gasteiger partial charge in [0.05, 0.1) is 6.61 Å². The Morgan fingerprint density at radius 2 is 1.86 bits per heavy atom. The number of H-pyrrole nitrogens is 1. The molecular formula is C23H26N2O3. The first-order valence-corrected chi connectivity index (χ1v) is 9.67. The van der Waals surface area contributed by atoms with E-state index in [0.29, 0.717) is 18.6 Å². The average Bonchev–Trinajstić information content (AvgIpc) is 3.11. The van der Waals surface area contributed by atoms with Crippen LogP contribution in [0.2, 0.25) is 0 Å².